The molecule has 0 unspecified atom stereocenters. The predicted octanol–water partition coefficient (Wildman–Crippen LogP) is 3.13. The van der Waals surface area contributed by atoms with Crippen molar-refractivity contribution in [2.24, 2.45) is 0 Å². The van der Waals surface area contributed by atoms with Crippen LogP contribution in [0.1, 0.15) is 19.4 Å². The van der Waals surface area contributed by atoms with Gasteiger partial charge in [0.1, 0.15) is 0 Å². The maximum Gasteiger partial charge on any atom is 0.161 e. The summed E-state index contributed by atoms with van der Waals surface area (Å²) in [7, 11) is 1.65. The summed E-state index contributed by atoms with van der Waals surface area (Å²) in [4.78, 5) is 0. The Morgan fingerprint density at radius 3 is 2.64 bits per heavy atom. The molecule has 76 valence electrons. The van der Waals surface area contributed by atoms with Gasteiger partial charge in [-0.25, -0.2) is 0 Å². The Bertz CT molecular complexity index is 316. The Morgan fingerprint density at radius 1 is 1.29 bits per heavy atom. The van der Waals surface area contributed by atoms with Crippen molar-refractivity contribution >= 4 is 6.08 Å². The van der Waals surface area contributed by atoms with Crippen LogP contribution in [0.25, 0.3) is 6.08 Å². The minimum Gasteiger partial charge on any atom is -0.493 e. The first-order chi connectivity index (χ1) is 6.81. The molecule has 0 radical (unpaired) electrons. The largest absolute Gasteiger partial charge is 0.493 e. The first-order valence-electron chi connectivity index (χ1n) is 4.75. The van der Waals surface area contributed by atoms with E-state index in [-0.39, 0.29) is 0 Å². The number of ether oxygens (including phenoxy) is 2. The second-order valence-electron chi connectivity index (χ2n) is 2.84. The average Bonchev–Trinajstić information content (AvgIpc) is 2.21. The number of benzene rings is 1. The molecule has 0 fully saturated rings. The molecule has 0 aliphatic heterocycles. The molecule has 0 atom stereocenters. The van der Waals surface area contributed by atoms with Gasteiger partial charge >= 0.3 is 0 Å². The van der Waals surface area contributed by atoms with E-state index in [1.807, 2.05) is 44.2 Å². The molecule has 1 aromatic rings. The minimum atomic E-state index is 0.652. The van der Waals surface area contributed by atoms with Crippen LogP contribution >= 0.6 is 0 Å². The zero-order valence-electron chi connectivity index (χ0n) is 8.91. The van der Waals surface area contributed by atoms with E-state index < -0.39 is 0 Å². The highest BCUT2D eigenvalue weighted by Gasteiger charge is 2.02. The molecule has 0 heterocycles. The lowest BCUT2D eigenvalue weighted by atomic mass is 10.2. The molecule has 1 rings (SSSR count). The average molecular weight is 192 g/mol. The van der Waals surface area contributed by atoms with Crippen LogP contribution in [0.5, 0.6) is 11.5 Å². The van der Waals surface area contributed by atoms with E-state index in [2.05, 4.69) is 0 Å². The fourth-order valence-electron chi connectivity index (χ4n) is 1.26. The molecule has 0 bridgehead atoms. The summed E-state index contributed by atoms with van der Waals surface area (Å²) in [5.74, 6) is 1.57. The van der Waals surface area contributed by atoms with E-state index in [4.69, 9.17) is 9.47 Å². The standard InChI is InChI=1S/C12H16O2/c1-4-6-10-7-8-11(14-5-2)12(9-10)13-3/h4,6-9H,5H2,1-3H3. The quantitative estimate of drug-likeness (QED) is 0.729. The number of hydrogen-bond acceptors (Lipinski definition) is 2. The molecule has 2 nitrogen and oxygen atoms in total. The van der Waals surface area contributed by atoms with Gasteiger partial charge in [0, 0.05) is 0 Å². The van der Waals surface area contributed by atoms with Gasteiger partial charge in [0.15, 0.2) is 11.5 Å². The lowest BCUT2D eigenvalue weighted by molar-refractivity contribution is 0.311. The van der Waals surface area contributed by atoms with Gasteiger partial charge in [0.05, 0.1) is 13.7 Å². The van der Waals surface area contributed by atoms with Gasteiger partial charge in [-0.1, -0.05) is 18.2 Å². The van der Waals surface area contributed by atoms with Crippen LogP contribution < -0.4 is 9.47 Å². The van der Waals surface area contributed by atoms with Crippen LogP contribution in [0.2, 0.25) is 0 Å². The maximum absolute atomic E-state index is 5.41. The van der Waals surface area contributed by atoms with E-state index in [1.165, 1.54) is 0 Å². The van der Waals surface area contributed by atoms with Crippen molar-refractivity contribution in [3.05, 3.63) is 29.8 Å². The molecule has 0 saturated carbocycles. The molecule has 0 aliphatic carbocycles. The second kappa shape index (κ2) is 5.32. The molecule has 1 aromatic carbocycles. The van der Waals surface area contributed by atoms with Crippen molar-refractivity contribution in [2.75, 3.05) is 13.7 Å². The highest BCUT2D eigenvalue weighted by Crippen LogP contribution is 2.28. The number of allylic oxidation sites excluding steroid dienone is 1. The minimum absolute atomic E-state index is 0.652. The summed E-state index contributed by atoms with van der Waals surface area (Å²) in [5.41, 5.74) is 1.12. The summed E-state index contributed by atoms with van der Waals surface area (Å²) in [6.07, 6.45) is 4.02. The molecule has 2 heteroatoms. The number of rotatable bonds is 4. The fraction of sp³-hybridized carbons (Fsp3) is 0.333. The molecule has 0 N–H and O–H groups in total. The van der Waals surface area contributed by atoms with Gasteiger partial charge in [0.2, 0.25) is 0 Å². The van der Waals surface area contributed by atoms with E-state index in [9.17, 15) is 0 Å². The predicted molar refractivity (Wildman–Crippen MR) is 58.9 cm³/mol. The van der Waals surface area contributed by atoms with Crippen molar-refractivity contribution in [1.82, 2.24) is 0 Å². The van der Waals surface area contributed by atoms with Crippen LogP contribution in [0.15, 0.2) is 24.3 Å². The van der Waals surface area contributed by atoms with Crippen molar-refractivity contribution < 1.29 is 9.47 Å². The van der Waals surface area contributed by atoms with E-state index in [1.54, 1.807) is 7.11 Å². The third-order valence-corrected chi connectivity index (χ3v) is 1.85. The Labute approximate surface area is 85.2 Å². The van der Waals surface area contributed by atoms with Gasteiger partial charge in [-0.15, -0.1) is 0 Å². The van der Waals surface area contributed by atoms with Gasteiger partial charge in [-0.05, 0) is 31.5 Å². The second-order valence-corrected chi connectivity index (χ2v) is 2.84. The summed E-state index contributed by atoms with van der Waals surface area (Å²) < 4.78 is 10.6. The monoisotopic (exact) mass is 192 g/mol. The molecule has 0 amide bonds. The molecule has 0 spiro atoms. The molecule has 14 heavy (non-hydrogen) atoms. The van der Waals surface area contributed by atoms with E-state index >= 15 is 0 Å². The highest BCUT2D eigenvalue weighted by atomic mass is 16.5. The SMILES string of the molecule is CC=Cc1ccc(OCC)c(OC)c1. The summed E-state index contributed by atoms with van der Waals surface area (Å²) in [6.45, 7) is 4.60. The van der Waals surface area contributed by atoms with Gasteiger partial charge in [0.25, 0.3) is 0 Å². The van der Waals surface area contributed by atoms with Crippen molar-refractivity contribution in [3.63, 3.8) is 0 Å². The fourth-order valence-corrected chi connectivity index (χ4v) is 1.26. The molecule has 0 saturated heterocycles. The van der Waals surface area contributed by atoms with E-state index in [0.717, 1.165) is 17.1 Å². The zero-order chi connectivity index (χ0) is 10.4. The van der Waals surface area contributed by atoms with Crippen molar-refractivity contribution in [2.45, 2.75) is 13.8 Å². The molecular formula is C12H16O2. The van der Waals surface area contributed by atoms with Crippen molar-refractivity contribution in [3.8, 4) is 11.5 Å². The Balaban J connectivity index is 2.98. The van der Waals surface area contributed by atoms with Gasteiger partial charge < -0.3 is 9.47 Å². The molecule has 0 aliphatic rings. The smallest absolute Gasteiger partial charge is 0.161 e. The summed E-state index contributed by atoms with van der Waals surface area (Å²) in [5, 5.41) is 0. The highest BCUT2D eigenvalue weighted by molar-refractivity contribution is 5.55. The van der Waals surface area contributed by atoms with Gasteiger partial charge in [-0.3, -0.25) is 0 Å². The molecule has 0 aromatic heterocycles. The zero-order valence-corrected chi connectivity index (χ0v) is 8.91. The normalized spacial score (nSPS) is 10.5. The lowest BCUT2D eigenvalue weighted by Gasteiger charge is -2.09. The Hall–Kier alpha value is -1.44. The first kappa shape index (κ1) is 10.6. The Kier molecular flexibility index (Phi) is 4.05. The van der Waals surface area contributed by atoms with Crippen LogP contribution in [-0.4, -0.2) is 13.7 Å². The molecular weight excluding hydrogens is 176 g/mol. The Morgan fingerprint density at radius 2 is 2.07 bits per heavy atom. The third-order valence-electron chi connectivity index (χ3n) is 1.85. The lowest BCUT2D eigenvalue weighted by Crippen LogP contribution is -1.95. The number of methoxy groups -OCH3 is 1. The first-order valence-corrected chi connectivity index (χ1v) is 4.75. The van der Waals surface area contributed by atoms with E-state index in [0.29, 0.717) is 6.61 Å². The van der Waals surface area contributed by atoms with Crippen LogP contribution in [0.3, 0.4) is 0 Å². The third kappa shape index (κ3) is 2.52. The van der Waals surface area contributed by atoms with Crippen LogP contribution in [-0.2, 0) is 0 Å². The van der Waals surface area contributed by atoms with Crippen LogP contribution in [0, 0.1) is 0 Å². The van der Waals surface area contributed by atoms with Gasteiger partial charge in [-0.2, -0.15) is 0 Å². The summed E-state index contributed by atoms with van der Waals surface area (Å²) >= 11 is 0. The topological polar surface area (TPSA) is 18.5 Å². The van der Waals surface area contributed by atoms with Crippen LogP contribution in [0.4, 0.5) is 0 Å². The maximum atomic E-state index is 5.41. The van der Waals surface area contributed by atoms with Crippen molar-refractivity contribution in [1.29, 1.82) is 0 Å². The number of hydrogen-bond donors (Lipinski definition) is 0. The summed E-state index contributed by atoms with van der Waals surface area (Å²) in [6, 6.07) is 5.90.